The van der Waals surface area contributed by atoms with Crippen molar-refractivity contribution in [3.8, 4) is 0 Å². The fourth-order valence-electron chi connectivity index (χ4n) is 1.54. The maximum Gasteiger partial charge on any atom is 0.275 e. The molecule has 0 radical (unpaired) electrons. The fourth-order valence-corrected chi connectivity index (χ4v) is 1.72. The number of halogens is 1. The molecule has 7 nitrogen and oxygen atoms in total. The van der Waals surface area contributed by atoms with Crippen LogP contribution in [-0.4, -0.2) is 40.7 Å². The first-order valence-corrected chi connectivity index (χ1v) is 5.39. The van der Waals surface area contributed by atoms with Crippen molar-refractivity contribution >= 4 is 35.1 Å². The van der Waals surface area contributed by atoms with Gasteiger partial charge in [0.05, 0.1) is 5.02 Å². The molecule has 8 heteroatoms. The minimum absolute atomic E-state index is 0.0702. The summed E-state index contributed by atoms with van der Waals surface area (Å²) in [6, 6.07) is 2.89. The van der Waals surface area contributed by atoms with E-state index in [4.69, 9.17) is 17.3 Å². The Hall–Kier alpha value is -2.15. The van der Waals surface area contributed by atoms with Crippen LogP contribution in [0.4, 0.5) is 5.82 Å². The van der Waals surface area contributed by atoms with E-state index in [1.807, 2.05) is 0 Å². The van der Waals surface area contributed by atoms with Crippen molar-refractivity contribution in [1.82, 2.24) is 15.2 Å². The Morgan fingerprint density at radius 2 is 1.94 bits per heavy atom. The lowest BCUT2D eigenvalue weighted by atomic mass is 10.2. The zero-order valence-electron chi connectivity index (χ0n) is 9.14. The number of nitrogens with zero attached hydrogens (tertiary/aromatic N) is 2. The number of nitrogens with two attached hydrogens (primary N) is 1. The van der Waals surface area contributed by atoms with Gasteiger partial charge in [-0.15, -0.1) is 0 Å². The van der Waals surface area contributed by atoms with Crippen LogP contribution in [0.1, 0.15) is 10.5 Å². The van der Waals surface area contributed by atoms with Crippen LogP contribution < -0.4 is 11.1 Å². The molecular formula is C10H9ClN4O3. The first kappa shape index (κ1) is 12.3. The third-order valence-electron chi connectivity index (χ3n) is 2.31. The van der Waals surface area contributed by atoms with E-state index < -0.39 is 17.7 Å². The molecule has 0 bridgehead atoms. The minimum atomic E-state index is -0.601. The van der Waals surface area contributed by atoms with Crippen LogP contribution in [0, 0.1) is 0 Å². The molecule has 0 unspecified atom stereocenters. The predicted octanol–water partition coefficient (Wildman–Crippen LogP) is -0.584. The van der Waals surface area contributed by atoms with E-state index in [9.17, 15) is 14.4 Å². The van der Waals surface area contributed by atoms with E-state index in [1.54, 1.807) is 0 Å². The van der Waals surface area contributed by atoms with Gasteiger partial charge in [-0.05, 0) is 12.1 Å². The third kappa shape index (κ3) is 2.40. The second-order valence-corrected chi connectivity index (χ2v) is 4.11. The largest absolute Gasteiger partial charge is 0.384 e. The Morgan fingerprint density at radius 1 is 1.33 bits per heavy atom. The summed E-state index contributed by atoms with van der Waals surface area (Å²) in [5, 5.41) is 2.21. The van der Waals surface area contributed by atoms with Crippen LogP contribution in [0.25, 0.3) is 0 Å². The highest BCUT2D eigenvalue weighted by Crippen LogP contribution is 2.17. The van der Waals surface area contributed by atoms with Gasteiger partial charge in [-0.3, -0.25) is 19.7 Å². The molecule has 0 atom stereocenters. The second kappa shape index (κ2) is 4.61. The number of aromatic nitrogens is 1. The molecule has 18 heavy (non-hydrogen) atoms. The summed E-state index contributed by atoms with van der Waals surface area (Å²) in [4.78, 5) is 39.3. The smallest absolute Gasteiger partial charge is 0.275 e. The van der Waals surface area contributed by atoms with Crippen LogP contribution in [0.5, 0.6) is 0 Å². The molecule has 1 aliphatic heterocycles. The number of anilines is 1. The van der Waals surface area contributed by atoms with E-state index in [0.29, 0.717) is 0 Å². The highest BCUT2D eigenvalue weighted by atomic mass is 35.5. The number of carbonyl (C=O) groups is 3. The van der Waals surface area contributed by atoms with E-state index in [0.717, 1.165) is 4.90 Å². The SMILES string of the molecule is Nc1ccc(Cl)c(C(=O)N2CC(=O)NC(=O)C2)n1. The molecule has 0 saturated carbocycles. The summed E-state index contributed by atoms with van der Waals surface area (Å²) in [6.45, 7) is -0.422. The van der Waals surface area contributed by atoms with Crippen molar-refractivity contribution in [2.75, 3.05) is 18.8 Å². The highest BCUT2D eigenvalue weighted by molar-refractivity contribution is 6.33. The molecule has 2 rings (SSSR count). The maximum absolute atomic E-state index is 12.1. The molecule has 0 aromatic carbocycles. The van der Waals surface area contributed by atoms with E-state index >= 15 is 0 Å². The average molecular weight is 269 g/mol. The fraction of sp³-hybridized carbons (Fsp3) is 0.200. The number of imide groups is 1. The van der Waals surface area contributed by atoms with Gasteiger partial charge in [0.15, 0.2) is 0 Å². The molecule has 1 fully saturated rings. The van der Waals surface area contributed by atoms with Gasteiger partial charge in [0.2, 0.25) is 11.8 Å². The molecule has 1 aliphatic rings. The van der Waals surface area contributed by atoms with Crippen LogP contribution in [0.15, 0.2) is 12.1 Å². The number of amides is 3. The number of rotatable bonds is 1. The molecular weight excluding hydrogens is 260 g/mol. The topological polar surface area (TPSA) is 105 Å². The molecule has 1 saturated heterocycles. The Bertz CT molecular complexity index is 530. The number of hydrogen-bond acceptors (Lipinski definition) is 5. The number of hydrogen-bond donors (Lipinski definition) is 2. The van der Waals surface area contributed by atoms with Crippen LogP contribution in [0.2, 0.25) is 5.02 Å². The Labute approximate surface area is 107 Å². The number of piperazine rings is 1. The number of carbonyl (C=O) groups excluding carboxylic acids is 3. The predicted molar refractivity (Wildman–Crippen MR) is 62.7 cm³/mol. The minimum Gasteiger partial charge on any atom is -0.384 e. The quantitative estimate of drug-likeness (QED) is 0.663. The van der Waals surface area contributed by atoms with E-state index in [-0.39, 0.29) is 29.6 Å². The molecule has 0 aliphatic carbocycles. The Kier molecular flexibility index (Phi) is 3.15. The third-order valence-corrected chi connectivity index (χ3v) is 2.61. The normalized spacial score (nSPS) is 15.5. The lowest BCUT2D eigenvalue weighted by Gasteiger charge is -2.25. The van der Waals surface area contributed by atoms with Crippen LogP contribution in [0.3, 0.4) is 0 Å². The van der Waals surface area contributed by atoms with Gasteiger partial charge in [-0.2, -0.15) is 0 Å². The zero-order chi connectivity index (χ0) is 13.3. The van der Waals surface area contributed by atoms with Crippen molar-refractivity contribution < 1.29 is 14.4 Å². The van der Waals surface area contributed by atoms with Crippen molar-refractivity contribution in [2.24, 2.45) is 0 Å². The van der Waals surface area contributed by atoms with Gasteiger partial charge in [0.25, 0.3) is 5.91 Å². The van der Waals surface area contributed by atoms with E-state index in [2.05, 4.69) is 10.3 Å². The number of nitrogens with one attached hydrogen (secondary N) is 1. The summed E-state index contributed by atoms with van der Waals surface area (Å²) >= 11 is 5.83. The van der Waals surface area contributed by atoms with Gasteiger partial charge < -0.3 is 10.6 Å². The Balaban J connectivity index is 2.28. The first-order valence-electron chi connectivity index (χ1n) is 5.01. The molecule has 2 heterocycles. The van der Waals surface area contributed by atoms with Crippen molar-refractivity contribution in [3.63, 3.8) is 0 Å². The van der Waals surface area contributed by atoms with Crippen LogP contribution >= 0.6 is 11.6 Å². The monoisotopic (exact) mass is 268 g/mol. The second-order valence-electron chi connectivity index (χ2n) is 3.70. The first-order chi connectivity index (χ1) is 8.47. The zero-order valence-corrected chi connectivity index (χ0v) is 9.90. The summed E-state index contributed by atoms with van der Waals surface area (Å²) in [6.07, 6.45) is 0. The maximum atomic E-state index is 12.1. The standard InChI is InChI=1S/C10H9ClN4O3/c11-5-1-2-6(12)13-9(5)10(18)15-3-7(16)14-8(17)4-15/h1-2H,3-4H2,(H2,12,13)(H,14,16,17). The van der Waals surface area contributed by atoms with Gasteiger partial charge in [0.1, 0.15) is 24.6 Å². The van der Waals surface area contributed by atoms with Crippen molar-refractivity contribution in [2.45, 2.75) is 0 Å². The van der Waals surface area contributed by atoms with Gasteiger partial charge in [-0.25, -0.2) is 4.98 Å². The van der Waals surface area contributed by atoms with Crippen LogP contribution in [-0.2, 0) is 9.59 Å². The highest BCUT2D eigenvalue weighted by Gasteiger charge is 2.29. The number of nitrogen functional groups attached to an aromatic ring is 1. The Morgan fingerprint density at radius 3 is 2.56 bits per heavy atom. The van der Waals surface area contributed by atoms with Gasteiger partial charge >= 0.3 is 0 Å². The molecule has 1 aromatic rings. The van der Waals surface area contributed by atoms with Crippen molar-refractivity contribution in [3.05, 3.63) is 22.8 Å². The van der Waals surface area contributed by atoms with Crippen molar-refractivity contribution in [1.29, 1.82) is 0 Å². The molecule has 94 valence electrons. The van der Waals surface area contributed by atoms with Gasteiger partial charge in [0, 0.05) is 0 Å². The molecule has 3 amide bonds. The summed E-state index contributed by atoms with van der Waals surface area (Å²) in [5.74, 6) is -1.55. The summed E-state index contributed by atoms with van der Waals surface area (Å²) in [5.41, 5.74) is 5.39. The lowest BCUT2D eigenvalue weighted by Crippen LogP contribution is -2.53. The lowest BCUT2D eigenvalue weighted by molar-refractivity contribution is -0.135. The van der Waals surface area contributed by atoms with E-state index in [1.165, 1.54) is 12.1 Å². The van der Waals surface area contributed by atoms with Gasteiger partial charge in [-0.1, -0.05) is 11.6 Å². The summed E-state index contributed by atoms with van der Waals surface area (Å²) in [7, 11) is 0. The molecule has 3 N–H and O–H groups in total. The molecule has 0 spiro atoms. The summed E-state index contributed by atoms with van der Waals surface area (Å²) < 4.78 is 0. The average Bonchev–Trinajstić information content (AvgIpc) is 2.30. The number of pyridine rings is 1. The molecule has 1 aromatic heterocycles.